The molecule has 9 nitrogen and oxygen atoms in total. The number of carbonyl (C=O) groups excluding carboxylic acids is 2. The fraction of sp³-hybridized carbons (Fsp3) is 0.138. The highest BCUT2D eigenvalue weighted by molar-refractivity contribution is 6.26. The zero-order valence-corrected chi connectivity index (χ0v) is 21.6. The Morgan fingerprint density at radius 3 is 2.08 bits per heavy atom. The van der Waals surface area contributed by atoms with Crippen LogP contribution < -0.4 is 30.2 Å². The van der Waals surface area contributed by atoms with Crippen molar-refractivity contribution in [1.82, 2.24) is 10.3 Å². The highest BCUT2D eigenvalue weighted by atomic mass is 19.1. The van der Waals surface area contributed by atoms with Gasteiger partial charge in [0, 0.05) is 30.3 Å². The van der Waals surface area contributed by atoms with Gasteiger partial charge >= 0.3 is 0 Å². The third-order valence-electron chi connectivity index (χ3n) is 5.59. The van der Waals surface area contributed by atoms with Crippen LogP contribution >= 0.6 is 0 Å². The quantitative estimate of drug-likeness (QED) is 0.146. The second kappa shape index (κ2) is 12.4. The lowest BCUT2D eigenvalue weighted by Gasteiger charge is -2.14. The number of halogens is 1. The maximum Gasteiger partial charge on any atom is 0.262 e. The molecule has 3 aromatic carbocycles. The number of hydrogen-bond acceptors (Lipinski definition) is 7. The highest BCUT2D eigenvalue weighted by Crippen LogP contribution is 2.41. The summed E-state index contributed by atoms with van der Waals surface area (Å²) in [6, 6.07) is 17.2. The van der Waals surface area contributed by atoms with Crippen molar-refractivity contribution in [3.05, 3.63) is 90.5 Å². The van der Waals surface area contributed by atoms with Crippen LogP contribution in [0.2, 0.25) is 0 Å². The first kappa shape index (κ1) is 26.9. The largest absolute Gasteiger partial charge is 0.493 e. The van der Waals surface area contributed by atoms with Crippen LogP contribution in [0.25, 0.3) is 10.9 Å². The predicted octanol–water partition coefficient (Wildman–Crippen LogP) is 5.25. The van der Waals surface area contributed by atoms with E-state index in [1.165, 1.54) is 30.5 Å². The molecule has 4 rings (SSSR count). The van der Waals surface area contributed by atoms with E-state index in [-0.39, 0.29) is 5.57 Å². The number of aromatic nitrogens is 1. The SMILES string of the molecule is CCN/C=C(\C(=O)Nc1ccc(F)cc1)C(=O)Nc1ccc(Oc2ccnc3ccc(OC)c(OC)c23)cc1. The van der Waals surface area contributed by atoms with Crippen molar-refractivity contribution in [3.8, 4) is 23.0 Å². The molecule has 10 heteroatoms. The molecule has 1 aromatic heterocycles. The van der Waals surface area contributed by atoms with Crippen molar-refractivity contribution in [1.29, 1.82) is 0 Å². The van der Waals surface area contributed by atoms with Crippen molar-refractivity contribution in [2.75, 3.05) is 31.4 Å². The summed E-state index contributed by atoms with van der Waals surface area (Å²) in [4.78, 5) is 30.1. The molecule has 0 saturated heterocycles. The number of benzene rings is 3. The molecule has 0 aliphatic rings. The molecular formula is C29H27FN4O5. The minimum absolute atomic E-state index is 0.147. The van der Waals surface area contributed by atoms with Crippen molar-refractivity contribution >= 4 is 34.1 Å². The lowest BCUT2D eigenvalue weighted by Crippen LogP contribution is -2.27. The Labute approximate surface area is 224 Å². The van der Waals surface area contributed by atoms with Crippen molar-refractivity contribution < 1.29 is 28.2 Å². The summed E-state index contributed by atoms with van der Waals surface area (Å²) in [5.41, 5.74) is 1.33. The molecule has 0 aliphatic heterocycles. The van der Waals surface area contributed by atoms with Crippen molar-refractivity contribution in [2.45, 2.75) is 6.92 Å². The number of carbonyl (C=O) groups is 2. The molecule has 200 valence electrons. The predicted molar refractivity (Wildman–Crippen MR) is 147 cm³/mol. The van der Waals surface area contributed by atoms with Gasteiger partial charge in [-0.2, -0.15) is 0 Å². The van der Waals surface area contributed by atoms with Crippen LogP contribution in [0.1, 0.15) is 6.92 Å². The van der Waals surface area contributed by atoms with E-state index in [0.717, 1.165) is 0 Å². The first-order valence-corrected chi connectivity index (χ1v) is 12.0. The standard InChI is InChI=1S/C29H27FN4O5/c1-4-31-17-22(28(35)33-19-7-5-18(30)6-8-19)29(36)34-20-9-11-21(12-10-20)39-24-15-16-32-23-13-14-25(37-2)27(38-3)26(23)24/h5-17,31H,4H2,1-3H3,(H,33,35)(H,34,36)/b22-17+. The number of fused-ring (bicyclic) bond motifs is 1. The molecule has 4 aromatic rings. The summed E-state index contributed by atoms with van der Waals surface area (Å²) in [5.74, 6) is 0.364. The van der Waals surface area contributed by atoms with E-state index in [1.54, 1.807) is 56.8 Å². The summed E-state index contributed by atoms with van der Waals surface area (Å²) in [5, 5.41) is 8.83. The number of anilines is 2. The van der Waals surface area contributed by atoms with Gasteiger partial charge in [0.25, 0.3) is 11.8 Å². The summed E-state index contributed by atoms with van der Waals surface area (Å²) in [6.45, 7) is 2.34. The van der Waals surface area contributed by atoms with Crippen LogP contribution in [0.4, 0.5) is 15.8 Å². The number of methoxy groups -OCH3 is 2. The Hall–Kier alpha value is -5.12. The monoisotopic (exact) mass is 530 g/mol. The number of nitrogens with one attached hydrogen (secondary N) is 3. The Morgan fingerprint density at radius 1 is 0.846 bits per heavy atom. The minimum Gasteiger partial charge on any atom is -0.493 e. The van der Waals surface area contributed by atoms with Crippen LogP contribution in [0.5, 0.6) is 23.0 Å². The topological polar surface area (TPSA) is 111 Å². The fourth-order valence-corrected chi connectivity index (χ4v) is 3.72. The second-order valence-corrected chi connectivity index (χ2v) is 8.16. The van der Waals surface area contributed by atoms with Gasteiger partial charge < -0.3 is 30.2 Å². The van der Waals surface area contributed by atoms with Gasteiger partial charge in [0.1, 0.15) is 22.9 Å². The van der Waals surface area contributed by atoms with E-state index in [0.29, 0.717) is 51.8 Å². The first-order valence-electron chi connectivity index (χ1n) is 12.0. The van der Waals surface area contributed by atoms with Gasteiger partial charge in [-0.15, -0.1) is 0 Å². The van der Waals surface area contributed by atoms with Gasteiger partial charge in [-0.1, -0.05) is 0 Å². The Kier molecular flexibility index (Phi) is 8.57. The third-order valence-corrected chi connectivity index (χ3v) is 5.59. The van der Waals surface area contributed by atoms with E-state index in [9.17, 15) is 14.0 Å². The van der Waals surface area contributed by atoms with Crippen LogP contribution in [-0.2, 0) is 9.59 Å². The van der Waals surface area contributed by atoms with E-state index in [1.807, 2.05) is 13.0 Å². The maximum atomic E-state index is 13.2. The molecule has 0 unspecified atom stereocenters. The van der Waals surface area contributed by atoms with E-state index < -0.39 is 17.6 Å². The summed E-state index contributed by atoms with van der Waals surface area (Å²) in [6.07, 6.45) is 2.97. The lowest BCUT2D eigenvalue weighted by atomic mass is 10.1. The molecule has 39 heavy (non-hydrogen) atoms. The summed E-state index contributed by atoms with van der Waals surface area (Å²) < 4.78 is 30.2. The van der Waals surface area contributed by atoms with Gasteiger partial charge in [0.05, 0.1) is 25.1 Å². The molecule has 0 atom stereocenters. The number of ether oxygens (including phenoxy) is 3. The number of hydrogen-bond donors (Lipinski definition) is 3. The zero-order chi connectivity index (χ0) is 27.8. The van der Waals surface area contributed by atoms with Gasteiger partial charge in [-0.3, -0.25) is 14.6 Å². The lowest BCUT2D eigenvalue weighted by molar-refractivity contribution is -0.118. The molecule has 2 amide bonds. The fourth-order valence-electron chi connectivity index (χ4n) is 3.72. The number of pyridine rings is 1. The first-order chi connectivity index (χ1) is 18.9. The van der Waals surface area contributed by atoms with Crippen molar-refractivity contribution in [2.24, 2.45) is 0 Å². The Balaban J connectivity index is 1.50. The van der Waals surface area contributed by atoms with E-state index in [4.69, 9.17) is 14.2 Å². The smallest absolute Gasteiger partial charge is 0.262 e. The number of nitrogens with zero attached hydrogens (tertiary/aromatic N) is 1. The van der Waals surface area contributed by atoms with Gasteiger partial charge in [-0.25, -0.2) is 4.39 Å². The molecule has 3 N–H and O–H groups in total. The Morgan fingerprint density at radius 2 is 1.49 bits per heavy atom. The molecule has 0 bridgehead atoms. The van der Waals surface area contributed by atoms with Crippen molar-refractivity contribution in [3.63, 3.8) is 0 Å². The average Bonchev–Trinajstić information content (AvgIpc) is 2.95. The third kappa shape index (κ3) is 6.42. The van der Waals surface area contributed by atoms with Gasteiger partial charge in [0.2, 0.25) is 0 Å². The maximum absolute atomic E-state index is 13.2. The van der Waals surface area contributed by atoms with Crippen LogP contribution in [0, 0.1) is 5.82 Å². The van der Waals surface area contributed by atoms with Crippen LogP contribution in [-0.4, -0.2) is 37.6 Å². The molecule has 0 spiro atoms. The van der Waals surface area contributed by atoms with E-state index >= 15 is 0 Å². The molecule has 0 fully saturated rings. The van der Waals surface area contributed by atoms with Crippen LogP contribution in [0.15, 0.2) is 84.7 Å². The zero-order valence-electron chi connectivity index (χ0n) is 21.6. The van der Waals surface area contributed by atoms with Gasteiger partial charge in [0.15, 0.2) is 11.5 Å². The second-order valence-electron chi connectivity index (χ2n) is 8.16. The van der Waals surface area contributed by atoms with E-state index in [2.05, 4.69) is 20.9 Å². The molecule has 0 aliphatic carbocycles. The molecular weight excluding hydrogens is 503 g/mol. The Bertz CT molecular complexity index is 1510. The molecule has 0 radical (unpaired) electrons. The summed E-state index contributed by atoms with van der Waals surface area (Å²) >= 11 is 0. The number of rotatable bonds is 10. The number of amides is 2. The average molecular weight is 531 g/mol. The minimum atomic E-state index is -0.644. The normalized spacial score (nSPS) is 11.0. The summed E-state index contributed by atoms with van der Waals surface area (Å²) in [7, 11) is 3.10. The van der Waals surface area contributed by atoms with Gasteiger partial charge in [-0.05, 0) is 73.7 Å². The molecule has 0 saturated carbocycles. The highest BCUT2D eigenvalue weighted by Gasteiger charge is 2.19. The van der Waals surface area contributed by atoms with Crippen LogP contribution in [0.3, 0.4) is 0 Å². The molecule has 1 heterocycles.